The molecule has 2 heterocycles. The fourth-order valence-corrected chi connectivity index (χ4v) is 4.59. The number of ether oxygens (including phenoxy) is 3. The van der Waals surface area contributed by atoms with Crippen LogP contribution >= 0.6 is 0 Å². The maximum absolute atomic E-state index is 12.6. The monoisotopic (exact) mass is 475 g/mol. The summed E-state index contributed by atoms with van der Waals surface area (Å²) in [6.07, 6.45) is -1.96. The second-order valence-corrected chi connectivity index (χ2v) is 9.17. The van der Waals surface area contributed by atoms with Crippen LogP contribution in [0.15, 0.2) is 66.7 Å². The van der Waals surface area contributed by atoms with Gasteiger partial charge in [-0.25, -0.2) is 9.59 Å². The molecule has 0 aromatic heterocycles. The van der Waals surface area contributed by atoms with Gasteiger partial charge in [0.2, 0.25) is 0 Å². The molecule has 0 bridgehead atoms. The second-order valence-electron chi connectivity index (χ2n) is 9.17. The zero-order valence-electron chi connectivity index (χ0n) is 19.7. The summed E-state index contributed by atoms with van der Waals surface area (Å²) in [5.74, 6) is 0.425. The maximum atomic E-state index is 12.6. The number of amides is 3. The SMILES string of the molecule is CC(C)c1ccc(NC(=O)NC2COC3C(OC(=O)Nc4cccc5ccccc45)COC23)cc1. The largest absolute Gasteiger partial charge is 0.441 e. The summed E-state index contributed by atoms with van der Waals surface area (Å²) in [4.78, 5) is 25.1. The van der Waals surface area contributed by atoms with Crippen molar-refractivity contribution in [1.82, 2.24) is 5.32 Å². The number of hydrogen-bond acceptors (Lipinski definition) is 5. The van der Waals surface area contributed by atoms with Crippen molar-refractivity contribution in [1.29, 1.82) is 0 Å². The molecule has 3 aromatic rings. The molecule has 182 valence electrons. The number of fused-ring (bicyclic) bond motifs is 2. The van der Waals surface area contributed by atoms with Gasteiger partial charge in [0.05, 0.1) is 24.9 Å². The van der Waals surface area contributed by atoms with E-state index in [-0.39, 0.29) is 31.4 Å². The van der Waals surface area contributed by atoms with Crippen LogP contribution in [-0.2, 0) is 14.2 Å². The van der Waals surface area contributed by atoms with Gasteiger partial charge < -0.3 is 24.8 Å². The van der Waals surface area contributed by atoms with E-state index in [1.165, 1.54) is 5.56 Å². The van der Waals surface area contributed by atoms with Crippen LogP contribution in [0, 0.1) is 0 Å². The van der Waals surface area contributed by atoms with Crippen molar-refractivity contribution in [3.63, 3.8) is 0 Å². The van der Waals surface area contributed by atoms with E-state index in [0.29, 0.717) is 17.3 Å². The lowest BCUT2D eigenvalue weighted by atomic mass is 10.0. The van der Waals surface area contributed by atoms with Crippen molar-refractivity contribution in [2.75, 3.05) is 23.8 Å². The minimum absolute atomic E-state index is 0.203. The Bertz CT molecular complexity index is 1210. The van der Waals surface area contributed by atoms with Gasteiger partial charge in [-0.2, -0.15) is 0 Å². The minimum Gasteiger partial charge on any atom is -0.441 e. The molecule has 35 heavy (non-hydrogen) atoms. The fraction of sp³-hybridized carbons (Fsp3) is 0.333. The van der Waals surface area contributed by atoms with Crippen molar-refractivity contribution in [3.05, 3.63) is 72.3 Å². The maximum Gasteiger partial charge on any atom is 0.412 e. The molecule has 0 aliphatic carbocycles. The summed E-state index contributed by atoms with van der Waals surface area (Å²) in [6, 6.07) is 20.6. The number of hydrogen-bond donors (Lipinski definition) is 3. The van der Waals surface area contributed by atoms with E-state index < -0.39 is 18.3 Å². The first kappa shape index (κ1) is 23.1. The molecule has 0 spiro atoms. The van der Waals surface area contributed by atoms with Gasteiger partial charge >= 0.3 is 12.1 Å². The Morgan fingerprint density at radius 3 is 2.43 bits per heavy atom. The van der Waals surface area contributed by atoms with Gasteiger partial charge in [0.25, 0.3) is 0 Å². The van der Waals surface area contributed by atoms with E-state index in [4.69, 9.17) is 14.2 Å². The zero-order chi connectivity index (χ0) is 24.4. The molecule has 2 fully saturated rings. The predicted octanol–water partition coefficient (Wildman–Crippen LogP) is 4.87. The molecule has 2 aliphatic rings. The Morgan fingerprint density at radius 2 is 1.63 bits per heavy atom. The van der Waals surface area contributed by atoms with Crippen LogP contribution in [0.4, 0.5) is 21.0 Å². The van der Waals surface area contributed by atoms with E-state index >= 15 is 0 Å². The third-order valence-electron chi connectivity index (χ3n) is 6.44. The summed E-state index contributed by atoms with van der Waals surface area (Å²) in [5, 5.41) is 10.5. The number of rotatable bonds is 5. The number of urea groups is 1. The first-order chi connectivity index (χ1) is 17.0. The van der Waals surface area contributed by atoms with Crippen LogP contribution in [0.2, 0.25) is 0 Å². The molecule has 0 saturated carbocycles. The van der Waals surface area contributed by atoms with E-state index in [2.05, 4.69) is 29.8 Å². The topological polar surface area (TPSA) is 97.9 Å². The lowest BCUT2D eigenvalue weighted by molar-refractivity contribution is 0.00874. The average Bonchev–Trinajstić information content (AvgIpc) is 3.43. The van der Waals surface area contributed by atoms with Crippen LogP contribution in [0.3, 0.4) is 0 Å². The predicted molar refractivity (Wildman–Crippen MR) is 134 cm³/mol. The molecule has 3 aromatic carbocycles. The molecule has 2 aliphatic heterocycles. The van der Waals surface area contributed by atoms with E-state index in [0.717, 1.165) is 10.8 Å². The van der Waals surface area contributed by atoms with Crippen LogP contribution in [-0.4, -0.2) is 49.7 Å². The molecule has 4 unspecified atom stereocenters. The van der Waals surface area contributed by atoms with E-state index in [9.17, 15) is 9.59 Å². The molecular formula is C27H29N3O5. The first-order valence-electron chi connectivity index (χ1n) is 11.8. The van der Waals surface area contributed by atoms with Crippen molar-refractivity contribution in [2.24, 2.45) is 0 Å². The summed E-state index contributed by atoms with van der Waals surface area (Å²) in [6.45, 7) is 4.73. The highest BCUT2D eigenvalue weighted by molar-refractivity contribution is 6.00. The van der Waals surface area contributed by atoms with Gasteiger partial charge in [0.15, 0.2) is 6.10 Å². The lowest BCUT2D eigenvalue weighted by Gasteiger charge is -2.18. The molecule has 4 atom stereocenters. The number of benzene rings is 3. The van der Waals surface area contributed by atoms with Crippen LogP contribution in [0.1, 0.15) is 25.3 Å². The Labute approximate surface area is 203 Å². The minimum atomic E-state index is -0.571. The molecule has 8 nitrogen and oxygen atoms in total. The van der Waals surface area contributed by atoms with Crippen LogP contribution < -0.4 is 16.0 Å². The highest BCUT2D eigenvalue weighted by Crippen LogP contribution is 2.30. The molecule has 8 heteroatoms. The zero-order valence-corrected chi connectivity index (χ0v) is 19.7. The smallest absolute Gasteiger partial charge is 0.412 e. The number of carbonyl (C=O) groups is 2. The van der Waals surface area contributed by atoms with Gasteiger partial charge in [-0.1, -0.05) is 62.4 Å². The van der Waals surface area contributed by atoms with Crippen LogP contribution in [0.25, 0.3) is 10.8 Å². The molecule has 5 rings (SSSR count). The van der Waals surface area contributed by atoms with Gasteiger partial charge in [-0.3, -0.25) is 5.32 Å². The summed E-state index contributed by atoms with van der Waals surface area (Å²) < 4.78 is 17.3. The Balaban J connectivity index is 1.14. The van der Waals surface area contributed by atoms with Crippen molar-refractivity contribution in [2.45, 2.75) is 44.1 Å². The number of anilines is 2. The quantitative estimate of drug-likeness (QED) is 0.489. The second kappa shape index (κ2) is 9.93. The van der Waals surface area contributed by atoms with Gasteiger partial charge in [0.1, 0.15) is 12.2 Å². The molecule has 0 radical (unpaired) electrons. The molecule has 2 saturated heterocycles. The van der Waals surface area contributed by atoms with Gasteiger partial charge in [0, 0.05) is 11.1 Å². The first-order valence-corrected chi connectivity index (χ1v) is 11.8. The Kier molecular flexibility index (Phi) is 6.57. The number of nitrogens with one attached hydrogen (secondary N) is 3. The normalized spacial score (nSPS) is 23.2. The van der Waals surface area contributed by atoms with Gasteiger partial charge in [-0.05, 0) is 35.1 Å². The fourth-order valence-electron chi connectivity index (χ4n) is 4.59. The Morgan fingerprint density at radius 1 is 0.886 bits per heavy atom. The lowest BCUT2D eigenvalue weighted by Crippen LogP contribution is -2.46. The third kappa shape index (κ3) is 5.08. The Hall–Kier alpha value is -3.62. The van der Waals surface area contributed by atoms with Crippen molar-refractivity contribution >= 4 is 34.3 Å². The molecule has 3 amide bonds. The van der Waals surface area contributed by atoms with Gasteiger partial charge in [-0.15, -0.1) is 0 Å². The summed E-state index contributed by atoms with van der Waals surface area (Å²) in [5.41, 5.74) is 2.59. The standard InChI is InChI=1S/C27H29N3O5/c1-16(2)17-10-12-19(13-11-17)28-26(31)29-22-14-33-25-23(15-34-24(22)25)35-27(32)30-21-9-5-7-18-6-3-4-8-20(18)21/h3-13,16,22-25H,14-15H2,1-2H3,(H,30,32)(H2,28,29,31). The highest BCUT2D eigenvalue weighted by Gasteiger charge is 2.50. The molecular weight excluding hydrogens is 446 g/mol. The van der Waals surface area contributed by atoms with Crippen LogP contribution in [0.5, 0.6) is 0 Å². The number of carbonyl (C=O) groups excluding carboxylic acids is 2. The summed E-state index contributed by atoms with van der Waals surface area (Å²) in [7, 11) is 0. The molecule has 3 N–H and O–H groups in total. The van der Waals surface area contributed by atoms with E-state index in [1.807, 2.05) is 66.7 Å². The third-order valence-corrected chi connectivity index (χ3v) is 6.44. The van der Waals surface area contributed by atoms with E-state index in [1.54, 1.807) is 0 Å². The summed E-state index contributed by atoms with van der Waals surface area (Å²) >= 11 is 0. The van der Waals surface area contributed by atoms with Crippen molar-refractivity contribution < 1.29 is 23.8 Å². The van der Waals surface area contributed by atoms with Crippen molar-refractivity contribution in [3.8, 4) is 0 Å². The highest BCUT2D eigenvalue weighted by atomic mass is 16.6. The average molecular weight is 476 g/mol.